The number of fused-ring (bicyclic) bond motifs is 3. The molecule has 4 rings (SSSR count). The molecule has 0 saturated heterocycles. The maximum absolute atomic E-state index is 12.7. The Hall–Kier alpha value is -1.82. The molecule has 2 aromatic carbocycles. The van der Waals surface area contributed by atoms with E-state index in [4.69, 9.17) is 11.6 Å². The van der Waals surface area contributed by atoms with Crippen LogP contribution in [0, 0.1) is 6.92 Å². The molecule has 1 aliphatic carbocycles. The second kappa shape index (κ2) is 6.16. The van der Waals surface area contributed by atoms with Crippen LogP contribution < -0.4 is 4.72 Å². The highest BCUT2D eigenvalue weighted by Gasteiger charge is 2.26. The molecule has 1 unspecified atom stereocenters. The summed E-state index contributed by atoms with van der Waals surface area (Å²) in [5, 5.41) is 1.75. The molecular formula is C19H19ClN2O2S. The second-order valence-corrected chi connectivity index (χ2v) is 8.72. The summed E-state index contributed by atoms with van der Waals surface area (Å²) in [6.45, 7) is 1.81. The van der Waals surface area contributed by atoms with Gasteiger partial charge in [0.25, 0.3) is 0 Å². The number of aromatic amines is 1. The molecule has 1 atom stereocenters. The summed E-state index contributed by atoms with van der Waals surface area (Å²) in [4.78, 5) is 3.72. The molecule has 2 N–H and O–H groups in total. The molecule has 1 aromatic heterocycles. The van der Waals surface area contributed by atoms with Crippen LogP contribution in [0.2, 0.25) is 5.02 Å². The number of nitrogens with one attached hydrogen (secondary N) is 2. The lowest BCUT2D eigenvalue weighted by molar-refractivity contribution is 0.506. The highest BCUT2D eigenvalue weighted by molar-refractivity contribution is 7.89. The molecule has 0 aliphatic heterocycles. The Balaban J connectivity index is 1.60. The molecule has 0 radical (unpaired) electrons. The number of halogens is 1. The summed E-state index contributed by atoms with van der Waals surface area (Å²) in [5.74, 6) is 0. The van der Waals surface area contributed by atoms with E-state index in [1.165, 1.54) is 16.6 Å². The molecule has 0 spiro atoms. The van der Waals surface area contributed by atoms with Gasteiger partial charge in [0.15, 0.2) is 0 Å². The average molecular weight is 375 g/mol. The summed E-state index contributed by atoms with van der Waals surface area (Å²) >= 11 is 6.00. The van der Waals surface area contributed by atoms with Gasteiger partial charge in [0.2, 0.25) is 10.0 Å². The van der Waals surface area contributed by atoms with E-state index in [1.54, 1.807) is 25.1 Å². The number of H-pyrrole nitrogens is 1. The number of benzene rings is 2. The minimum Gasteiger partial charge on any atom is -0.358 e. The van der Waals surface area contributed by atoms with Crippen LogP contribution >= 0.6 is 11.6 Å². The standard InChI is InChI=1S/C19H19ClN2O2S/c1-12-10-14(7-8-17(12)20)25(23,24)22-13-6-9-19-16(11-13)15-4-2-3-5-18(15)21-19/h2-5,7-8,10,13,21-22H,6,9,11H2,1H3. The highest BCUT2D eigenvalue weighted by Crippen LogP contribution is 2.30. The molecule has 1 heterocycles. The van der Waals surface area contributed by atoms with E-state index in [1.807, 2.05) is 12.1 Å². The van der Waals surface area contributed by atoms with E-state index in [9.17, 15) is 8.42 Å². The van der Waals surface area contributed by atoms with Gasteiger partial charge in [-0.15, -0.1) is 0 Å². The van der Waals surface area contributed by atoms with Crippen molar-refractivity contribution < 1.29 is 8.42 Å². The first-order valence-electron chi connectivity index (χ1n) is 8.31. The lowest BCUT2D eigenvalue weighted by Gasteiger charge is -2.23. The van der Waals surface area contributed by atoms with Gasteiger partial charge in [-0.3, -0.25) is 0 Å². The molecular weight excluding hydrogens is 356 g/mol. The third kappa shape index (κ3) is 3.08. The quantitative estimate of drug-likeness (QED) is 0.728. The first kappa shape index (κ1) is 16.6. The van der Waals surface area contributed by atoms with Crippen molar-refractivity contribution in [1.29, 1.82) is 0 Å². The van der Waals surface area contributed by atoms with Crippen molar-refractivity contribution in [1.82, 2.24) is 9.71 Å². The van der Waals surface area contributed by atoms with E-state index in [0.717, 1.165) is 23.9 Å². The molecule has 25 heavy (non-hydrogen) atoms. The lowest BCUT2D eigenvalue weighted by Crippen LogP contribution is -2.38. The Morgan fingerprint density at radius 3 is 2.80 bits per heavy atom. The van der Waals surface area contributed by atoms with Crippen LogP contribution in [-0.2, 0) is 22.9 Å². The Labute approximate surface area is 152 Å². The zero-order valence-electron chi connectivity index (χ0n) is 13.8. The van der Waals surface area contributed by atoms with Crippen molar-refractivity contribution >= 4 is 32.5 Å². The SMILES string of the molecule is Cc1cc(S(=O)(=O)NC2CCc3[nH]c4ccccc4c3C2)ccc1Cl. The van der Waals surface area contributed by atoms with Gasteiger partial charge in [0.05, 0.1) is 4.90 Å². The number of para-hydroxylation sites is 1. The fourth-order valence-corrected chi connectivity index (χ4v) is 5.01. The molecule has 6 heteroatoms. The van der Waals surface area contributed by atoms with Crippen LogP contribution in [0.25, 0.3) is 10.9 Å². The van der Waals surface area contributed by atoms with Gasteiger partial charge in [-0.05, 0) is 61.6 Å². The van der Waals surface area contributed by atoms with Gasteiger partial charge in [0, 0.05) is 27.7 Å². The average Bonchev–Trinajstić information content (AvgIpc) is 2.95. The van der Waals surface area contributed by atoms with Gasteiger partial charge < -0.3 is 4.98 Å². The van der Waals surface area contributed by atoms with Gasteiger partial charge in [-0.2, -0.15) is 0 Å². The van der Waals surface area contributed by atoms with E-state index >= 15 is 0 Å². The summed E-state index contributed by atoms with van der Waals surface area (Å²) in [6, 6.07) is 12.9. The Kier molecular flexibility index (Phi) is 4.10. The summed E-state index contributed by atoms with van der Waals surface area (Å²) in [5.41, 5.74) is 4.32. The van der Waals surface area contributed by atoms with Gasteiger partial charge in [0.1, 0.15) is 0 Å². The van der Waals surface area contributed by atoms with Gasteiger partial charge in [-0.25, -0.2) is 13.1 Å². The van der Waals surface area contributed by atoms with Gasteiger partial charge >= 0.3 is 0 Å². The van der Waals surface area contributed by atoms with Crippen LogP contribution in [0.15, 0.2) is 47.4 Å². The minimum atomic E-state index is -3.56. The lowest BCUT2D eigenvalue weighted by atomic mass is 9.92. The molecule has 0 bridgehead atoms. The molecule has 0 amide bonds. The number of hydrogen-bond acceptors (Lipinski definition) is 2. The Morgan fingerprint density at radius 2 is 2.00 bits per heavy atom. The third-order valence-corrected chi connectivity index (χ3v) is 6.80. The van der Waals surface area contributed by atoms with Crippen molar-refractivity contribution in [2.75, 3.05) is 0 Å². The van der Waals surface area contributed by atoms with Gasteiger partial charge in [-0.1, -0.05) is 29.8 Å². The second-order valence-electron chi connectivity index (χ2n) is 6.60. The first-order valence-corrected chi connectivity index (χ1v) is 10.2. The monoisotopic (exact) mass is 374 g/mol. The van der Waals surface area contributed by atoms with Crippen molar-refractivity contribution in [3.63, 3.8) is 0 Å². The predicted molar refractivity (Wildman–Crippen MR) is 101 cm³/mol. The molecule has 130 valence electrons. The van der Waals surface area contributed by atoms with Crippen LogP contribution in [0.3, 0.4) is 0 Å². The van der Waals surface area contributed by atoms with Crippen molar-refractivity contribution in [3.8, 4) is 0 Å². The summed E-state index contributed by atoms with van der Waals surface area (Å²) in [7, 11) is -3.56. The number of aryl methyl sites for hydroxylation is 2. The molecule has 1 aliphatic rings. The Morgan fingerprint density at radius 1 is 1.20 bits per heavy atom. The van der Waals surface area contributed by atoms with Crippen LogP contribution in [0.4, 0.5) is 0 Å². The first-order chi connectivity index (χ1) is 11.9. The smallest absolute Gasteiger partial charge is 0.240 e. The van der Waals surface area contributed by atoms with Crippen LogP contribution in [0.5, 0.6) is 0 Å². The predicted octanol–water partition coefficient (Wildman–Crippen LogP) is 3.97. The van der Waals surface area contributed by atoms with E-state index < -0.39 is 10.0 Å². The summed E-state index contributed by atoms with van der Waals surface area (Å²) < 4.78 is 28.3. The van der Waals surface area contributed by atoms with E-state index in [-0.39, 0.29) is 10.9 Å². The fourth-order valence-electron chi connectivity index (χ4n) is 3.54. The van der Waals surface area contributed by atoms with E-state index in [0.29, 0.717) is 11.4 Å². The molecule has 0 saturated carbocycles. The number of hydrogen-bond donors (Lipinski definition) is 2. The molecule has 0 fully saturated rings. The Bertz CT molecular complexity index is 1060. The van der Waals surface area contributed by atoms with Crippen LogP contribution in [0.1, 0.15) is 23.2 Å². The highest BCUT2D eigenvalue weighted by atomic mass is 35.5. The maximum atomic E-state index is 12.7. The maximum Gasteiger partial charge on any atom is 0.240 e. The van der Waals surface area contributed by atoms with Crippen molar-refractivity contribution in [2.45, 2.75) is 37.1 Å². The zero-order valence-corrected chi connectivity index (χ0v) is 15.4. The van der Waals surface area contributed by atoms with Crippen molar-refractivity contribution in [2.24, 2.45) is 0 Å². The minimum absolute atomic E-state index is 0.104. The number of aromatic nitrogens is 1. The van der Waals surface area contributed by atoms with Crippen LogP contribution in [-0.4, -0.2) is 19.4 Å². The van der Waals surface area contributed by atoms with Crippen molar-refractivity contribution in [3.05, 3.63) is 64.3 Å². The number of sulfonamides is 1. The topological polar surface area (TPSA) is 62.0 Å². The third-order valence-electron chi connectivity index (χ3n) is 4.86. The normalized spacial score (nSPS) is 17.6. The van der Waals surface area contributed by atoms with E-state index in [2.05, 4.69) is 21.8 Å². The fraction of sp³-hybridized carbons (Fsp3) is 0.263. The summed E-state index contributed by atoms with van der Waals surface area (Å²) in [6.07, 6.45) is 2.33. The number of rotatable bonds is 3. The zero-order chi connectivity index (χ0) is 17.6. The largest absolute Gasteiger partial charge is 0.358 e. The molecule has 4 nitrogen and oxygen atoms in total. The molecule has 3 aromatic rings.